The fourth-order valence-electron chi connectivity index (χ4n) is 11.0. The molecule has 0 radical (unpaired) electrons. The Morgan fingerprint density at radius 3 is 1.27 bits per heavy atom. The largest absolute Gasteiger partial charge is 0.486 e. The number of rotatable bonds is 33. The highest BCUT2D eigenvalue weighted by Gasteiger charge is 2.52. The molecule has 2 N–H and O–H groups in total. The van der Waals surface area contributed by atoms with Crippen molar-refractivity contribution in [2.24, 2.45) is 17.3 Å². The maximum Gasteiger partial charge on any atom is 0.313 e. The second kappa shape index (κ2) is 29.4. The number of ether oxygens (including phenoxy) is 2. The summed E-state index contributed by atoms with van der Waals surface area (Å²) in [6, 6.07) is 16.6. The molecule has 350 valence electrons. The molecule has 2 unspecified atom stereocenters. The van der Waals surface area contributed by atoms with E-state index in [1.165, 1.54) is 127 Å². The third-order valence-electron chi connectivity index (χ3n) is 15.0. The fourth-order valence-corrected chi connectivity index (χ4v) is 11.0. The summed E-state index contributed by atoms with van der Waals surface area (Å²) in [4.78, 5) is 26.8. The highest BCUT2D eigenvalue weighted by atomic mass is 16.5. The van der Waals surface area contributed by atoms with Crippen LogP contribution < -0.4 is 9.47 Å². The van der Waals surface area contributed by atoms with E-state index >= 15 is 0 Å². The number of benzene rings is 2. The number of hydrogen-bond donors (Lipinski definition) is 2. The topological polar surface area (TPSA) is 93.1 Å². The van der Waals surface area contributed by atoms with E-state index in [4.69, 9.17) is 9.47 Å². The van der Waals surface area contributed by atoms with Crippen LogP contribution in [0.3, 0.4) is 0 Å². The number of unbranched alkanes of at least 4 members (excludes halogenated alkanes) is 14. The molecule has 2 atom stereocenters. The lowest BCUT2D eigenvalue weighted by Gasteiger charge is -2.41. The first-order chi connectivity index (χ1) is 30.2. The Balaban J connectivity index is 1.61. The first-order valence-corrected chi connectivity index (χ1v) is 26.2. The highest BCUT2D eigenvalue weighted by molar-refractivity contribution is 5.76. The summed E-state index contributed by atoms with van der Waals surface area (Å²) in [5.74, 6) is 1.96. The van der Waals surface area contributed by atoms with Crippen molar-refractivity contribution in [3.05, 3.63) is 59.7 Å². The molecule has 0 bridgehead atoms. The molecule has 0 aliphatic heterocycles. The van der Waals surface area contributed by atoms with Crippen LogP contribution in [0.1, 0.15) is 250 Å². The molecule has 6 nitrogen and oxygen atoms in total. The van der Waals surface area contributed by atoms with Crippen LogP contribution in [0.4, 0.5) is 0 Å². The van der Waals surface area contributed by atoms with Crippen LogP contribution >= 0.6 is 0 Å². The Morgan fingerprint density at radius 2 is 0.887 bits per heavy atom. The molecular weight excluding hydrogens is 769 g/mol. The van der Waals surface area contributed by atoms with Gasteiger partial charge in [-0.3, -0.25) is 9.59 Å². The molecule has 62 heavy (non-hydrogen) atoms. The van der Waals surface area contributed by atoms with Crippen LogP contribution in [0.2, 0.25) is 0 Å². The predicted octanol–water partition coefficient (Wildman–Crippen LogP) is 16.6. The molecule has 2 aliphatic rings. The maximum atomic E-state index is 14.0. The molecule has 0 saturated heterocycles. The number of carboxylic acids is 2. The number of carbonyl (C=O) groups is 2. The zero-order valence-corrected chi connectivity index (χ0v) is 40.0. The van der Waals surface area contributed by atoms with Crippen LogP contribution in [0, 0.1) is 17.3 Å². The van der Waals surface area contributed by atoms with Gasteiger partial charge in [0.05, 0.1) is 6.42 Å². The number of carboxylic acid groups (broad SMARTS) is 2. The second-order valence-corrected chi connectivity index (χ2v) is 19.9. The van der Waals surface area contributed by atoms with Gasteiger partial charge in [-0.05, 0) is 123 Å². The van der Waals surface area contributed by atoms with E-state index in [0.29, 0.717) is 36.2 Å². The van der Waals surface area contributed by atoms with Gasteiger partial charge in [0.2, 0.25) is 0 Å². The molecular formula is C56H90O6. The molecule has 2 fully saturated rings. The van der Waals surface area contributed by atoms with Gasteiger partial charge in [-0.1, -0.05) is 180 Å². The summed E-state index contributed by atoms with van der Waals surface area (Å²) < 4.78 is 13.7. The van der Waals surface area contributed by atoms with Crippen molar-refractivity contribution >= 4 is 11.9 Å². The number of aliphatic carboxylic acids is 2. The summed E-state index contributed by atoms with van der Waals surface area (Å²) in [6.45, 7) is 8.97. The standard InChI is InChI=1S/C56H90O6/c1-5-9-13-15-17-21-41-56(55(59)60,42-22-18-16-14-10-6-2)54(62-51-39-35-49(36-40-51)47-31-27-45(28-32-47)24-20-12-8-4)52(43-53(57)58)61-50-37-33-48(34-38-50)46-29-25-44(26-30-46)23-19-11-7-3/h33-40,44-47,52,54H,5-32,41-43H2,1-4H3,(H,57,58)(H,59,60). The van der Waals surface area contributed by atoms with Gasteiger partial charge >= 0.3 is 11.9 Å². The first-order valence-electron chi connectivity index (χ1n) is 26.2. The normalized spacial score (nSPS) is 20.4. The average Bonchev–Trinajstić information content (AvgIpc) is 3.28. The van der Waals surface area contributed by atoms with Crippen molar-refractivity contribution in [3.63, 3.8) is 0 Å². The van der Waals surface area contributed by atoms with Crippen molar-refractivity contribution in [2.75, 3.05) is 0 Å². The molecule has 4 rings (SSSR count). The van der Waals surface area contributed by atoms with E-state index in [2.05, 4.69) is 52.0 Å². The van der Waals surface area contributed by atoms with Crippen LogP contribution in [-0.2, 0) is 9.59 Å². The minimum Gasteiger partial charge on any atom is -0.486 e. The van der Waals surface area contributed by atoms with E-state index < -0.39 is 29.6 Å². The zero-order chi connectivity index (χ0) is 44.4. The van der Waals surface area contributed by atoms with Gasteiger partial charge in [0.1, 0.15) is 23.0 Å². The van der Waals surface area contributed by atoms with Crippen molar-refractivity contribution in [1.82, 2.24) is 0 Å². The van der Waals surface area contributed by atoms with Crippen LogP contribution in [0.5, 0.6) is 11.5 Å². The maximum absolute atomic E-state index is 14.0. The number of hydrogen-bond acceptors (Lipinski definition) is 4. The van der Waals surface area contributed by atoms with Gasteiger partial charge < -0.3 is 19.7 Å². The summed E-state index contributed by atoms with van der Waals surface area (Å²) in [7, 11) is 0. The SMILES string of the molecule is CCCCCCCCC(CCCCCCCC)(C(=O)O)C(Oc1ccc(C2CCC(CCCCC)CC2)cc1)C(CC(=O)O)Oc1ccc(C2CCC(CCCCC)CC2)cc1. The minimum absolute atomic E-state index is 0.351. The van der Waals surface area contributed by atoms with Crippen LogP contribution in [0.25, 0.3) is 0 Å². The Morgan fingerprint density at radius 1 is 0.516 bits per heavy atom. The highest BCUT2D eigenvalue weighted by Crippen LogP contribution is 2.44. The van der Waals surface area contributed by atoms with E-state index in [0.717, 1.165) is 76.0 Å². The lowest BCUT2D eigenvalue weighted by atomic mass is 9.71. The van der Waals surface area contributed by atoms with Gasteiger partial charge in [-0.25, -0.2) is 0 Å². The predicted molar refractivity (Wildman–Crippen MR) is 258 cm³/mol. The minimum atomic E-state index is -1.32. The lowest BCUT2D eigenvalue weighted by Crippen LogP contribution is -2.54. The smallest absolute Gasteiger partial charge is 0.313 e. The Hall–Kier alpha value is -3.02. The van der Waals surface area contributed by atoms with Gasteiger partial charge in [0, 0.05) is 0 Å². The molecule has 0 amide bonds. The summed E-state index contributed by atoms with van der Waals surface area (Å²) in [5, 5.41) is 21.9. The molecule has 2 aliphatic carbocycles. The molecule has 0 aromatic heterocycles. The van der Waals surface area contributed by atoms with Crippen molar-refractivity contribution in [1.29, 1.82) is 0 Å². The lowest BCUT2D eigenvalue weighted by molar-refractivity contribution is -0.164. The summed E-state index contributed by atoms with van der Waals surface area (Å²) >= 11 is 0. The quantitative estimate of drug-likeness (QED) is 0.0695. The van der Waals surface area contributed by atoms with E-state index in [1.54, 1.807) is 0 Å². The molecule has 6 heteroatoms. The average molecular weight is 859 g/mol. The van der Waals surface area contributed by atoms with Crippen LogP contribution in [0.15, 0.2) is 48.5 Å². The zero-order valence-electron chi connectivity index (χ0n) is 40.0. The molecule has 2 saturated carbocycles. The van der Waals surface area contributed by atoms with Gasteiger partial charge in [0.25, 0.3) is 0 Å². The Kier molecular flexibility index (Phi) is 24.5. The Labute approximate surface area is 379 Å². The fraction of sp³-hybridized carbons (Fsp3) is 0.750. The summed E-state index contributed by atoms with van der Waals surface area (Å²) in [5.41, 5.74) is 1.30. The summed E-state index contributed by atoms with van der Waals surface area (Å²) in [6.07, 6.45) is 31.5. The van der Waals surface area contributed by atoms with Crippen molar-refractivity contribution < 1.29 is 29.3 Å². The Bertz CT molecular complexity index is 1450. The third kappa shape index (κ3) is 17.5. The van der Waals surface area contributed by atoms with Crippen LogP contribution in [-0.4, -0.2) is 34.4 Å². The van der Waals surface area contributed by atoms with E-state index in [-0.39, 0.29) is 6.42 Å². The monoisotopic (exact) mass is 859 g/mol. The molecule has 2 aromatic rings. The molecule has 0 heterocycles. The van der Waals surface area contributed by atoms with E-state index in [9.17, 15) is 19.8 Å². The van der Waals surface area contributed by atoms with Crippen molar-refractivity contribution in [3.8, 4) is 11.5 Å². The van der Waals surface area contributed by atoms with E-state index in [1.807, 2.05) is 24.3 Å². The van der Waals surface area contributed by atoms with Gasteiger partial charge in [-0.2, -0.15) is 0 Å². The molecule has 0 spiro atoms. The van der Waals surface area contributed by atoms with Gasteiger partial charge in [0.15, 0.2) is 6.10 Å². The first kappa shape index (κ1) is 51.6. The van der Waals surface area contributed by atoms with Gasteiger partial charge in [-0.15, -0.1) is 0 Å². The molecule has 2 aromatic carbocycles. The second-order valence-electron chi connectivity index (χ2n) is 19.9. The third-order valence-corrected chi connectivity index (χ3v) is 15.0. The van der Waals surface area contributed by atoms with Crippen molar-refractivity contribution in [2.45, 2.75) is 251 Å².